The minimum absolute atomic E-state index is 0.00398. The van der Waals surface area contributed by atoms with Crippen LogP contribution in [0.1, 0.15) is 32.9 Å². The molecule has 4 heteroatoms. The summed E-state index contributed by atoms with van der Waals surface area (Å²) in [6, 6.07) is -12.4. The van der Waals surface area contributed by atoms with Crippen LogP contribution in [0.4, 0.5) is 0 Å². The molecule has 7 aromatic carbocycles. The van der Waals surface area contributed by atoms with E-state index >= 15 is 0 Å². The first-order chi connectivity index (χ1) is 34.8. The van der Waals surface area contributed by atoms with E-state index in [4.69, 9.17) is 27.4 Å². The molecule has 0 bridgehead atoms. The quantitative estimate of drug-likeness (QED) is 0.179. The van der Waals surface area contributed by atoms with Crippen LogP contribution in [0.2, 0.25) is 0 Å². The van der Waals surface area contributed by atoms with Crippen molar-refractivity contribution < 1.29 is 32.9 Å². The van der Waals surface area contributed by atoms with Gasteiger partial charge in [0, 0.05) is 35.8 Å². The fraction of sp³-hybridized carbons (Fsp3) is 0. The van der Waals surface area contributed by atoms with Gasteiger partial charge in [0.25, 0.3) is 0 Å². The van der Waals surface area contributed by atoms with Gasteiger partial charge in [0.1, 0.15) is 6.33 Å². The zero-order valence-corrected chi connectivity index (χ0v) is 26.7. The third-order valence-electron chi connectivity index (χ3n) is 7.84. The fourth-order valence-corrected chi connectivity index (χ4v) is 7.82. The van der Waals surface area contributed by atoms with Crippen molar-refractivity contribution in [2.75, 3.05) is 0 Å². The van der Waals surface area contributed by atoms with Gasteiger partial charge in [0.15, 0.2) is 0 Å². The van der Waals surface area contributed by atoms with Gasteiger partial charge < -0.3 is 0 Å². The average molecular weight is 697 g/mol. The van der Waals surface area contributed by atoms with Gasteiger partial charge in [0.2, 0.25) is 0 Å². The Hall–Kier alpha value is -5.94. The monoisotopic (exact) mass is 696 g/mol. The molecule has 0 spiro atoms. The van der Waals surface area contributed by atoms with Gasteiger partial charge in [-0.1, -0.05) is 121 Å². The summed E-state index contributed by atoms with van der Waals surface area (Å²) in [5, 5.41) is 0.0884. The summed E-state index contributed by atoms with van der Waals surface area (Å²) in [5.41, 5.74) is -3.64. The van der Waals surface area contributed by atoms with E-state index < -0.39 is 173 Å². The Kier molecular flexibility index (Phi) is 3.27. The highest BCUT2D eigenvalue weighted by Crippen LogP contribution is 2.43. The molecule has 0 aliphatic rings. The average Bonchev–Trinajstić information content (AvgIpc) is 3.96. The van der Waals surface area contributed by atoms with Gasteiger partial charge >= 0.3 is 0 Å². The number of hydrogen-bond donors (Lipinski definition) is 0. The van der Waals surface area contributed by atoms with Gasteiger partial charge in [-0.15, -0.1) is 22.7 Å². The zero-order valence-electron chi connectivity index (χ0n) is 49.0. The van der Waals surface area contributed by atoms with E-state index in [-0.39, 0.29) is 58.3 Å². The molecule has 0 aliphatic carbocycles. The topological polar surface area (TPSA) is 25.8 Å². The molecule has 3 aromatic heterocycles. The van der Waals surface area contributed by atoms with E-state index in [0.717, 1.165) is 29.0 Å². The number of rotatable bonds is 5. The summed E-state index contributed by atoms with van der Waals surface area (Å²) < 4.78 is 212. The molecule has 10 rings (SSSR count). The Morgan fingerprint density at radius 2 is 1.02 bits per heavy atom. The molecular weight excluding hydrogens is 645 g/mol. The van der Waals surface area contributed by atoms with Crippen LogP contribution in [0.15, 0.2) is 170 Å². The Bertz CT molecular complexity index is 4110. The number of hydrogen-bond acceptors (Lipinski definition) is 4. The number of aromatic nitrogens is 2. The number of benzene rings is 7. The molecule has 0 atom stereocenters. The maximum atomic E-state index is 9.64. The molecule has 0 N–H and O–H groups in total. The minimum Gasteiger partial charge on any atom is -0.235 e. The molecule has 10 aromatic rings. The Balaban J connectivity index is 1.25. The first-order valence-electron chi connectivity index (χ1n) is 26.8. The molecule has 3 heterocycles. The lowest BCUT2D eigenvalue weighted by Gasteiger charge is -2.11. The van der Waals surface area contributed by atoms with Crippen LogP contribution in [0, 0.1) is 0 Å². The molecular formula is C46H28N2S2. The van der Waals surface area contributed by atoms with Crippen molar-refractivity contribution >= 4 is 63.1 Å². The van der Waals surface area contributed by atoms with Crippen LogP contribution in [-0.4, -0.2) is 9.97 Å². The summed E-state index contributed by atoms with van der Waals surface area (Å²) >= 11 is 1.82. The van der Waals surface area contributed by atoms with Crippen molar-refractivity contribution in [3.05, 3.63) is 170 Å². The summed E-state index contributed by atoms with van der Waals surface area (Å²) in [4.78, 5) is 8.95. The first kappa shape index (κ1) is 13.8. The molecule has 50 heavy (non-hydrogen) atoms. The molecule has 0 amide bonds. The highest BCUT2D eigenvalue weighted by molar-refractivity contribution is 7.26. The molecule has 0 radical (unpaired) electrons. The molecule has 2 nitrogen and oxygen atoms in total. The highest BCUT2D eigenvalue weighted by atomic mass is 32.1. The van der Waals surface area contributed by atoms with E-state index in [9.17, 15) is 5.48 Å². The van der Waals surface area contributed by atoms with E-state index in [1.807, 2.05) is 0 Å². The van der Waals surface area contributed by atoms with E-state index in [2.05, 4.69) is 9.97 Å². The summed E-state index contributed by atoms with van der Waals surface area (Å²) in [6.45, 7) is 0. The van der Waals surface area contributed by atoms with Crippen molar-refractivity contribution in [2.24, 2.45) is 0 Å². The van der Waals surface area contributed by atoms with Crippen molar-refractivity contribution in [1.29, 1.82) is 0 Å². The van der Waals surface area contributed by atoms with Crippen LogP contribution in [0.25, 0.3) is 96.2 Å². The lowest BCUT2D eigenvalue weighted by molar-refractivity contribution is 1.24. The second-order valence-corrected chi connectivity index (χ2v) is 12.8. The highest BCUT2D eigenvalue weighted by Gasteiger charge is 2.16. The van der Waals surface area contributed by atoms with Crippen LogP contribution in [0.5, 0.6) is 0 Å². The molecule has 0 fully saturated rings. The van der Waals surface area contributed by atoms with Gasteiger partial charge in [-0.2, -0.15) is 0 Å². The van der Waals surface area contributed by atoms with Gasteiger partial charge in [-0.05, 0) is 86.9 Å². The molecule has 0 aliphatic heterocycles. The fourth-order valence-electron chi connectivity index (χ4n) is 5.61. The second-order valence-electron chi connectivity index (χ2n) is 10.7. The number of fused-ring (bicyclic) bond motifs is 6. The predicted molar refractivity (Wildman–Crippen MR) is 215 cm³/mol. The molecule has 0 saturated carbocycles. The Morgan fingerprint density at radius 3 is 1.80 bits per heavy atom. The van der Waals surface area contributed by atoms with Gasteiger partial charge in [-0.25, -0.2) is 9.97 Å². The second kappa shape index (κ2) is 11.9. The van der Waals surface area contributed by atoms with E-state index in [0.29, 0.717) is 10.1 Å². The maximum Gasteiger partial charge on any atom is 0.116 e. The summed E-state index contributed by atoms with van der Waals surface area (Å²) in [5.74, 6) is 0. The predicted octanol–water partition coefficient (Wildman–Crippen LogP) is 13.5. The van der Waals surface area contributed by atoms with Crippen LogP contribution in [-0.2, 0) is 0 Å². The van der Waals surface area contributed by atoms with Crippen LogP contribution >= 0.6 is 22.7 Å². The molecule has 0 unspecified atom stereocenters. The SMILES string of the molecule is [2H]c1c([2H])c([2H])c(-c2c([2H])c(-c3ccc4sc5c(-c6c([2H])c([2H])c([2H])c(-c7c([2H])c([2H])c([2H])c8c7sc7c([2H])c([2H])c([2H])c([2H])c78)c6[2H])ncnc5c4c3)c([2H])c(-c3c([2H])c([2H])c([2H])c([2H])c3[2H])c2[2H])c([2H])c1[2H]. The van der Waals surface area contributed by atoms with Crippen molar-refractivity contribution in [2.45, 2.75) is 0 Å². The van der Waals surface area contributed by atoms with Gasteiger partial charge in [0.05, 0.1) is 48.8 Å². The zero-order chi connectivity index (χ0) is 53.9. The van der Waals surface area contributed by atoms with E-state index in [1.54, 1.807) is 6.07 Å². The molecule has 234 valence electrons. The van der Waals surface area contributed by atoms with Crippen LogP contribution < -0.4 is 0 Å². The standard InChI is InChI=1S/C46H28N2S2/c1-3-11-29(12-4-1)34-24-35(30-13-5-2-6-14-30)26-36(25-34)31-21-22-42-40(27-31)44-46(50-42)43(47-28-48-44)33-16-9-15-32(23-33)37-18-10-19-39-38-17-7-8-20-41(38)49-45(37)39/h1-28H/i1D,2D,3D,4D,5D,6D,7D,8D,9D,10D,11D,12D,13D,14D,15D,16D,17D,18D,19D,20D,23D,24D,25D,26D. The summed E-state index contributed by atoms with van der Waals surface area (Å²) in [6.07, 6.45) is 1.10. The third-order valence-corrected chi connectivity index (χ3v) is 10.1. The minimum atomic E-state index is -0.823. The van der Waals surface area contributed by atoms with Crippen LogP contribution in [0.3, 0.4) is 0 Å². The molecule has 0 saturated heterocycles. The van der Waals surface area contributed by atoms with Crippen molar-refractivity contribution in [3.8, 4) is 55.8 Å². The normalized spacial score (nSPS) is 18.3. The first-order valence-corrected chi connectivity index (χ1v) is 16.4. The van der Waals surface area contributed by atoms with Gasteiger partial charge in [-0.3, -0.25) is 0 Å². The Morgan fingerprint density at radius 1 is 0.420 bits per heavy atom. The smallest absolute Gasteiger partial charge is 0.116 e. The lowest BCUT2D eigenvalue weighted by Crippen LogP contribution is -1.88. The third kappa shape index (κ3) is 4.92. The van der Waals surface area contributed by atoms with Crippen molar-refractivity contribution in [1.82, 2.24) is 9.97 Å². The lowest BCUT2D eigenvalue weighted by atomic mass is 9.93. The number of thiophene rings is 2. The van der Waals surface area contributed by atoms with E-state index in [1.165, 1.54) is 12.1 Å². The largest absolute Gasteiger partial charge is 0.235 e. The maximum absolute atomic E-state index is 9.64. The Labute approximate surface area is 331 Å². The summed E-state index contributed by atoms with van der Waals surface area (Å²) in [7, 11) is 0. The number of nitrogens with zero attached hydrogens (tertiary/aromatic N) is 2. The van der Waals surface area contributed by atoms with Crippen molar-refractivity contribution in [3.63, 3.8) is 0 Å².